The van der Waals surface area contributed by atoms with Gasteiger partial charge in [-0.1, -0.05) is 0 Å². The van der Waals surface area contributed by atoms with Gasteiger partial charge in [-0.05, 0) is 6.92 Å². The Hall–Kier alpha value is -0.170. The van der Waals surface area contributed by atoms with Crippen LogP contribution in [0.5, 0.6) is 0 Å². The van der Waals surface area contributed by atoms with Crippen molar-refractivity contribution in [2.24, 2.45) is 0 Å². The van der Waals surface area contributed by atoms with Gasteiger partial charge in [0.2, 0.25) is 10.0 Å². The number of rotatable bonds is 3. The number of morpholine rings is 1. The Bertz CT molecular complexity index is 252. The van der Waals surface area contributed by atoms with Crippen molar-refractivity contribution in [2.45, 2.75) is 19.1 Å². The number of hydrogen-bond acceptors (Lipinski definition) is 4. The molecule has 0 aromatic heterocycles. The van der Waals surface area contributed by atoms with Crippen molar-refractivity contribution < 1.29 is 13.2 Å². The van der Waals surface area contributed by atoms with Crippen LogP contribution in [0.15, 0.2) is 0 Å². The first kappa shape index (κ1) is 10.9. The van der Waals surface area contributed by atoms with E-state index in [-0.39, 0.29) is 12.2 Å². The Balaban J connectivity index is 2.29. The molecule has 0 amide bonds. The second-order valence-electron chi connectivity index (χ2n) is 3.35. The van der Waals surface area contributed by atoms with Gasteiger partial charge in [0.05, 0.1) is 18.5 Å². The number of hydrogen-bond donors (Lipinski definition) is 2. The minimum Gasteiger partial charge on any atom is -0.371 e. The summed E-state index contributed by atoms with van der Waals surface area (Å²) in [5.74, 6) is 0. The maximum atomic E-state index is 10.8. The van der Waals surface area contributed by atoms with Gasteiger partial charge in [0.1, 0.15) is 0 Å². The second kappa shape index (κ2) is 4.36. The average molecular weight is 208 g/mol. The smallest absolute Gasteiger partial charge is 0.208 e. The van der Waals surface area contributed by atoms with Crippen molar-refractivity contribution in [3.63, 3.8) is 0 Å². The summed E-state index contributed by atoms with van der Waals surface area (Å²) in [5, 5.41) is 3.16. The normalized spacial score (nSPS) is 30.3. The van der Waals surface area contributed by atoms with E-state index in [0.717, 1.165) is 12.8 Å². The minimum atomic E-state index is -3.10. The second-order valence-corrected chi connectivity index (χ2v) is 5.18. The summed E-state index contributed by atoms with van der Waals surface area (Å²) in [6.07, 6.45) is 1.24. The molecule has 13 heavy (non-hydrogen) atoms. The molecular formula is C7H16N2O3S. The van der Waals surface area contributed by atoms with Crippen LogP contribution in [0.4, 0.5) is 0 Å². The van der Waals surface area contributed by atoms with Gasteiger partial charge < -0.3 is 10.1 Å². The third-order valence-corrected chi connectivity index (χ3v) is 2.49. The van der Waals surface area contributed by atoms with E-state index in [1.54, 1.807) is 0 Å². The zero-order valence-corrected chi connectivity index (χ0v) is 8.73. The van der Waals surface area contributed by atoms with Gasteiger partial charge in [-0.2, -0.15) is 0 Å². The van der Waals surface area contributed by atoms with Crippen molar-refractivity contribution in [2.75, 3.05) is 25.9 Å². The molecule has 0 aromatic rings. The van der Waals surface area contributed by atoms with Crippen molar-refractivity contribution in [1.29, 1.82) is 0 Å². The number of nitrogens with one attached hydrogen (secondary N) is 2. The van der Waals surface area contributed by atoms with Crippen molar-refractivity contribution in [3.05, 3.63) is 0 Å². The lowest BCUT2D eigenvalue weighted by Crippen LogP contribution is -2.48. The summed E-state index contributed by atoms with van der Waals surface area (Å²) in [4.78, 5) is 0. The first-order valence-corrected chi connectivity index (χ1v) is 6.17. The molecule has 0 bridgehead atoms. The molecule has 1 saturated heterocycles. The summed E-state index contributed by atoms with van der Waals surface area (Å²) in [6, 6.07) is 0. The Morgan fingerprint density at radius 3 is 2.77 bits per heavy atom. The van der Waals surface area contributed by atoms with Crippen LogP contribution in [0.2, 0.25) is 0 Å². The largest absolute Gasteiger partial charge is 0.371 e. The molecule has 1 heterocycles. The topological polar surface area (TPSA) is 67.4 Å². The molecule has 2 N–H and O–H groups in total. The standard InChI is InChI=1S/C7H16N2O3S/c1-6-3-8-4-7(12-6)5-9-13(2,10)11/h6-9H,3-5H2,1-2H3/t6-,7-/m0/s1. The van der Waals surface area contributed by atoms with Crippen molar-refractivity contribution >= 4 is 10.0 Å². The molecule has 5 nitrogen and oxygen atoms in total. The molecule has 1 fully saturated rings. The highest BCUT2D eigenvalue weighted by atomic mass is 32.2. The fraction of sp³-hybridized carbons (Fsp3) is 1.00. The molecule has 0 saturated carbocycles. The molecule has 0 radical (unpaired) electrons. The third kappa shape index (κ3) is 4.56. The fourth-order valence-corrected chi connectivity index (χ4v) is 1.73. The number of sulfonamides is 1. The Labute approximate surface area is 78.9 Å². The van der Waals surface area contributed by atoms with E-state index >= 15 is 0 Å². The molecule has 6 heteroatoms. The van der Waals surface area contributed by atoms with Gasteiger partial charge in [0, 0.05) is 19.6 Å². The molecule has 0 aliphatic carbocycles. The van der Waals surface area contributed by atoms with Crippen LogP contribution >= 0.6 is 0 Å². The SMILES string of the molecule is C[C@H]1CNC[C@@H](CNS(C)(=O)=O)O1. The monoisotopic (exact) mass is 208 g/mol. The summed E-state index contributed by atoms with van der Waals surface area (Å²) in [7, 11) is -3.10. The van der Waals surface area contributed by atoms with Crippen LogP contribution in [0, 0.1) is 0 Å². The van der Waals surface area contributed by atoms with E-state index < -0.39 is 10.0 Å². The maximum Gasteiger partial charge on any atom is 0.208 e. The molecule has 78 valence electrons. The molecule has 0 spiro atoms. The predicted molar refractivity (Wildman–Crippen MR) is 50.1 cm³/mol. The van der Waals surface area contributed by atoms with Gasteiger partial charge in [-0.3, -0.25) is 0 Å². The van der Waals surface area contributed by atoms with Crippen LogP contribution in [0.3, 0.4) is 0 Å². The fourth-order valence-electron chi connectivity index (χ4n) is 1.24. The number of ether oxygens (including phenoxy) is 1. The molecule has 2 atom stereocenters. The Morgan fingerprint density at radius 2 is 2.23 bits per heavy atom. The molecule has 0 aromatic carbocycles. The lowest BCUT2D eigenvalue weighted by atomic mass is 10.2. The zero-order valence-electron chi connectivity index (χ0n) is 7.91. The zero-order chi connectivity index (χ0) is 9.90. The molecule has 1 aliphatic heterocycles. The van der Waals surface area contributed by atoms with E-state index in [9.17, 15) is 8.42 Å². The molecule has 0 unspecified atom stereocenters. The van der Waals surface area contributed by atoms with E-state index in [2.05, 4.69) is 10.0 Å². The van der Waals surface area contributed by atoms with Crippen molar-refractivity contribution in [1.82, 2.24) is 10.0 Å². The highest BCUT2D eigenvalue weighted by Gasteiger charge is 2.19. The molecule has 1 rings (SSSR count). The molecular weight excluding hydrogens is 192 g/mol. The maximum absolute atomic E-state index is 10.8. The molecule has 1 aliphatic rings. The quantitative estimate of drug-likeness (QED) is 0.618. The summed E-state index contributed by atoms with van der Waals surface area (Å²) < 4.78 is 29.4. The van der Waals surface area contributed by atoms with Gasteiger partial charge in [0.15, 0.2) is 0 Å². The van der Waals surface area contributed by atoms with Gasteiger partial charge in [-0.15, -0.1) is 0 Å². The summed E-state index contributed by atoms with van der Waals surface area (Å²) in [6.45, 7) is 3.83. The van der Waals surface area contributed by atoms with E-state index in [1.165, 1.54) is 0 Å². The van der Waals surface area contributed by atoms with E-state index in [0.29, 0.717) is 13.1 Å². The van der Waals surface area contributed by atoms with Gasteiger partial charge in [0.25, 0.3) is 0 Å². The predicted octanol–water partition coefficient (Wildman–Crippen LogP) is -1.09. The Morgan fingerprint density at radius 1 is 1.54 bits per heavy atom. The highest BCUT2D eigenvalue weighted by molar-refractivity contribution is 7.88. The summed E-state index contributed by atoms with van der Waals surface area (Å²) in [5.41, 5.74) is 0. The van der Waals surface area contributed by atoms with Crippen molar-refractivity contribution in [3.8, 4) is 0 Å². The van der Waals surface area contributed by atoms with Crippen LogP contribution in [0.1, 0.15) is 6.92 Å². The van der Waals surface area contributed by atoms with Crippen LogP contribution < -0.4 is 10.0 Å². The van der Waals surface area contributed by atoms with Gasteiger partial charge in [-0.25, -0.2) is 13.1 Å². The first-order chi connectivity index (χ1) is 5.97. The highest BCUT2D eigenvalue weighted by Crippen LogP contribution is 2.01. The first-order valence-electron chi connectivity index (χ1n) is 4.28. The summed E-state index contributed by atoms with van der Waals surface area (Å²) >= 11 is 0. The van der Waals surface area contributed by atoms with Crippen LogP contribution in [0.25, 0.3) is 0 Å². The lowest BCUT2D eigenvalue weighted by molar-refractivity contribution is -0.0233. The lowest BCUT2D eigenvalue weighted by Gasteiger charge is -2.28. The van der Waals surface area contributed by atoms with E-state index in [4.69, 9.17) is 4.74 Å². The van der Waals surface area contributed by atoms with Gasteiger partial charge >= 0.3 is 0 Å². The van der Waals surface area contributed by atoms with E-state index in [1.807, 2.05) is 6.92 Å². The van der Waals surface area contributed by atoms with Crippen LogP contribution in [-0.2, 0) is 14.8 Å². The third-order valence-electron chi connectivity index (χ3n) is 1.80. The Kier molecular flexibility index (Phi) is 3.66. The minimum absolute atomic E-state index is 0.0570. The average Bonchev–Trinajstić information content (AvgIpc) is 2.00. The van der Waals surface area contributed by atoms with Crippen LogP contribution in [-0.4, -0.2) is 46.5 Å².